The van der Waals surface area contributed by atoms with Crippen molar-refractivity contribution in [1.82, 2.24) is 14.5 Å². The van der Waals surface area contributed by atoms with E-state index < -0.39 is 15.8 Å². The summed E-state index contributed by atoms with van der Waals surface area (Å²) in [6.45, 7) is 2.18. The summed E-state index contributed by atoms with van der Waals surface area (Å²) in [6, 6.07) is 13.8. The quantitative estimate of drug-likeness (QED) is 0.101. The number of fused-ring (bicyclic) bond motifs is 1. The summed E-state index contributed by atoms with van der Waals surface area (Å²) in [5, 5.41) is 2.78. The second-order valence-corrected chi connectivity index (χ2v) is 11.7. The molecule has 0 bridgehead atoms. The molecule has 4 heterocycles. The number of aryl methyl sites for hydroxylation is 1. The lowest BCUT2D eigenvalue weighted by Crippen LogP contribution is -2.36. The Hall–Kier alpha value is -4.30. The first-order valence-electron chi connectivity index (χ1n) is 13.2. The predicted molar refractivity (Wildman–Crippen MR) is 171 cm³/mol. The van der Waals surface area contributed by atoms with Crippen molar-refractivity contribution in [2.75, 3.05) is 16.8 Å². The zero-order valence-corrected chi connectivity index (χ0v) is 25.9. The molecule has 0 saturated heterocycles. The lowest BCUT2D eigenvalue weighted by molar-refractivity contribution is -0.113. The number of rotatable bonds is 8. The van der Waals surface area contributed by atoms with Gasteiger partial charge in [-0.05, 0) is 55.5 Å². The van der Waals surface area contributed by atoms with Crippen LogP contribution in [-0.4, -0.2) is 31.1 Å². The van der Waals surface area contributed by atoms with Gasteiger partial charge in [-0.2, -0.15) is 0 Å². The summed E-state index contributed by atoms with van der Waals surface area (Å²) in [5.41, 5.74) is 2.82. The van der Waals surface area contributed by atoms with Gasteiger partial charge >= 0.3 is 0 Å². The molecule has 0 saturated carbocycles. The van der Waals surface area contributed by atoms with E-state index in [0.717, 1.165) is 20.8 Å². The standard InChI is InChI=1S/C31H24F2IN5O3S/c1-3-41-25-11-13-39(20-7-4-18(32)5-8-20)30(34)28(25)31(40)37-19-6-9-24(21(33)14-19)42-26-10-12-35-22-15-27(43-29(22)26)23-16-38(2)17-36-23/h4-17,30H,3H2,1-2H3,(H,37,40). The van der Waals surface area contributed by atoms with Gasteiger partial charge in [-0.1, -0.05) is 22.6 Å². The Labute approximate surface area is 263 Å². The number of allylic oxidation sites excluding steroid dienone is 1. The molecule has 1 unspecified atom stereocenters. The number of carbonyl (C=O) groups is 1. The summed E-state index contributed by atoms with van der Waals surface area (Å²) in [4.78, 5) is 25.1. The molecule has 5 aromatic rings. The number of alkyl halides is 1. The predicted octanol–water partition coefficient (Wildman–Crippen LogP) is 7.79. The topological polar surface area (TPSA) is 81.5 Å². The molecule has 0 aliphatic carbocycles. The number of carbonyl (C=O) groups excluding carboxylic acids is 1. The number of halogens is 3. The van der Waals surface area contributed by atoms with E-state index in [1.165, 1.54) is 35.6 Å². The van der Waals surface area contributed by atoms with Crippen LogP contribution in [-0.2, 0) is 16.6 Å². The zero-order chi connectivity index (χ0) is 30.1. The fourth-order valence-electron chi connectivity index (χ4n) is 4.54. The SMILES string of the molecule is CCOC1=C(C(=O)Nc2ccc(Oc3ccnc4cc(-c5cn(C)cn5)sc34)c(F)c2)C(I)N(c2ccc(F)cc2)C=C1. The van der Waals surface area contributed by atoms with E-state index in [0.29, 0.717) is 29.4 Å². The van der Waals surface area contributed by atoms with Crippen molar-refractivity contribution in [1.29, 1.82) is 0 Å². The third kappa shape index (κ3) is 5.97. The number of imidazole rings is 1. The van der Waals surface area contributed by atoms with Crippen LogP contribution in [0, 0.1) is 11.6 Å². The first-order valence-corrected chi connectivity index (χ1v) is 15.3. The molecule has 3 aromatic heterocycles. The van der Waals surface area contributed by atoms with Gasteiger partial charge in [-0.15, -0.1) is 11.3 Å². The van der Waals surface area contributed by atoms with Gasteiger partial charge in [0.1, 0.15) is 21.4 Å². The molecule has 43 heavy (non-hydrogen) atoms. The number of nitrogens with one attached hydrogen (secondary N) is 1. The maximum atomic E-state index is 15.3. The van der Waals surface area contributed by atoms with Crippen LogP contribution < -0.4 is 15.0 Å². The summed E-state index contributed by atoms with van der Waals surface area (Å²) >= 11 is 3.58. The highest BCUT2D eigenvalue weighted by atomic mass is 127. The number of nitrogens with zero attached hydrogens (tertiary/aromatic N) is 4. The molecule has 8 nitrogen and oxygen atoms in total. The molecule has 1 aliphatic heterocycles. The molecule has 0 spiro atoms. The van der Waals surface area contributed by atoms with Crippen LogP contribution in [0.15, 0.2) is 96.9 Å². The monoisotopic (exact) mass is 711 g/mol. The van der Waals surface area contributed by atoms with E-state index in [-0.39, 0.29) is 17.3 Å². The van der Waals surface area contributed by atoms with E-state index in [1.54, 1.807) is 49.1 Å². The number of anilines is 2. The van der Waals surface area contributed by atoms with Gasteiger partial charge in [0.05, 0.1) is 39.3 Å². The maximum absolute atomic E-state index is 15.3. The van der Waals surface area contributed by atoms with Crippen molar-refractivity contribution >= 4 is 61.4 Å². The Balaban J connectivity index is 1.22. The maximum Gasteiger partial charge on any atom is 0.258 e. The van der Waals surface area contributed by atoms with Crippen molar-refractivity contribution in [3.8, 4) is 22.1 Å². The van der Waals surface area contributed by atoms with Crippen LogP contribution >= 0.6 is 33.9 Å². The molecule has 0 fully saturated rings. The lowest BCUT2D eigenvalue weighted by Gasteiger charge is -2.32. The lowest BCUT2D eigenvalue weighted by atomic mass is 10.1. The molecule has 2 aromatic carbocycles. The van der Waals surface area contributed by atoms with Gasteiger partial charge in [0.25, 0.3) is 5.91 Å². The Kier molecular flexibility index (Phi) is 8.13. The molecule has 218 valence electrons. The van der Waals surface area contributed by atoms with Gasteiger partial charge in [0.2, 0.25) is 0 Å². The molecule has 1 amide bonds. The number of thiophene rings is 1. The number of ether oxygens (including phenoxy) is 2. The van der Waals surface area contributed by atoms with Crippen LogP contribution in [0.1, 0.15) is 6.92 Å². The Morgan fingerprint density at radius 1 is 1.09 bits per heavy atom. The van der Waals surface area contributed by atoms with Crippen molar-refractivity contribution in [3.63, 3.8) is 0 Å². The van der Waals surface area contributed by atoms with Crippen LogP contribution in [0.4, 0.5) is 20.2 Å². The highest BCUT2D eigenvalue weighted by Gasteiger charge is 2.31. The number of benzene rings is 2. The first-order chi connectivity index (χ1) is 20.8. The number of hydrogen-bond donors (Lipinski definition) is 1. The van der Waals surface area contributed by atoms with E-state index >= 15 is 4.39 Å². The molecule has 6 rings (SSSR count). The van der Waals surface area contributed by atoms with Crippen molar-refractivity contribution in [2.45, 2.75) is 11.0 Å². The average molecular weight is 712 g/mol. The Bertz CT molecular complexity index is 1890. The van der Waals surface area contributed by atoms with Crippen LogP contribution in [0.3, 0.4) is 0 Å². The largest absolute Gasteiger partial charge is 0.493 e. The Morgan fingerprint density at radius 3 is 2.63 bits per heavy atom. The normalized spacial score (nSPS) is 14.8. The minimum atomic E-state index is -0.647. The molecular weight excluding hydrogens is 687 g/mol. The summed E-state index contributed by atoms with van der Waals surface area (Å²) in [6.07, 6.45) is 8.71. The fourth-order valence-corrected chi connectivity index (χ4v) is 6.67. The van der Waals surface area contributed by atoms with E-state index in [1.807, 2.05) is 35.7 Å². The van der Waals surface area contributed by atoms with Gasteiger partial charge in [0, 0.05) is 49.1 Å². The third-order valence-electron chi connectivity index (χ3n) is 6.55. The molecule has 12 heteroatoms. The van der Waals surface area contributed by atoms with Crippen molar-refractivity contribution < 1.29 is 23.0 Å². The van der Waals surface area contributed by atoms with Crippen LogP contribution in [0.25, 0.3) is 20.8 Å². The minimum absolute atomic E-state index is 0.00218. The minimum Gasteiger partial charge on any atom is -0.493 e. The highest BCUT2D eigenvalue weighted by molar-refractivity contribution is 14.1. The summed E-state index contributed by atoms with van der Waals surface area (Å²) in [7, 11) is 1.90. The summed E-state index contributed by atoms with van der Waals surface area (Å²) < 4.78 is 42.7. The smallest absolute Gasteiger partial charge is 0.258 e. The highest BCUT2D eigenvalue weighted by Crippen LogP contribution is 2.39. The van der Waals surface area contributed by atoms with Crippen LogP contribution in [0.5, 0.6) is 11.5 Å². The van der Waals surface area contributed by atoms with E-state index in [2.05, 4.69) is 37.9 Å². The van der Waals surface area contributed by atoms with Gasteiger partial charge in [-0.3, -0.25) is 9.78 Å². The molecular formula is C31H24F2IN5O3S. The third-order valence-corrected chi connectivity index (χ3v) is 8.93. The number of aromatic nitrogens is 3. The number of amides is 1. The van der Waals surface area contributed by atoms with Crippen LogP contribution in [0.2, 0.25) is 0 Å². The van der Waals surface area contributed by atoms with E-state index in [9.17, 15) is 9.18 Å². The number of hydrogen-bond acceptors (Lipinski definition) is 7. The molecule has 1 N–H and O–H groups in total. The van der Waals surface area contributed by atoms with Gasteiger partial charge < -0.3 is 24.3 Å². The average Bonchev–Trinajstić information content (AvgIpc) is 3.62. The van der Waals surface area contributed by atoms with Gasteiger partial charge in [-0.25, -0.2) is 13.8 Å². The molecule has 1 atom stereocenters. The zero-order valence-electron chi connectivity index (χ0n) is 22.9. The Morgan fingerprint density at radius 2 is 1.91 bits per heavy atom. The second-order valence-electron chi connectivity index (χ2n) is 9.51. The fraction of sp³-hybridized carbons (Fsp3) is 0.129. The van der Waals surface area contributed by atoms with Crippen molar-refractivity contribution in [3.05, 3.63) is 109 Å². The molecule has 1 aliphatic rings. The molecule has 0 radical (unpaired) electrons. The van der Waals surface area contributed by atoms with Gasteiger partial charge in [0.15, 0.2) is 11.6 Å². The van der Waals surface area contributed by atoms with Crippen molar-refractivity contribution in [2.24, 2.45) is 7.05 Å². The second kappa shape index (κ2) is 12.1. The number of pyridine rings is 1. The summed E-state index contributed by atoms with van der Waals surface area (Å²) in [5.74, 6) is -0.592. The first kappa shape index (κ1) is 28.8. The van der Waals surface area contributed by atoms with E-state index in [4.69, 9.17) is 9.47 Å².